The Kier molecular flexibility index (Phi) is 5.28. The second-order valence-corrected chi connectivity index (χ2v) is 12.2. The molecular weight excluding hydrogens is 408 g/mol. The second-order valence-electron chi connectivity index (χ2n) is 9.93. The highest BCUT2D eigenvalue weighted by Gasteiger charge is 2.59. The normalized spacial score (nSPS) is 31.7. The molecule has 1 aromatic rings. The van der Waals surface area contributed by atoms with Gasteiger partial charge in [-0.15, -0.1) is 0 Å². The number of rotatable bonds is 4. The van der Waals surface area contributed by atoms with E-state index in [9.17, 15) is 13.2 Å². The Balaban J connectivity index is 1.60. The molecule has 2 saturated carbocycles. The van der Waals surface area contributed by atoms with Crippen LogP contribution in [0.1, 0.15) is 69.7 Å². The van der Waals surface area contributed by atoms with Crippen molar-refractivity contribution in [3.63, 3.8) is 0 Å². The Morgan fingerprint density at radius 2 is 1.86 bits per heavy atom. The summed E-state index contributed by atoms with van der Waals surface area (Å²) in [4.78, 5) is 13.1. The Hall–Kier alpha value is -1.11. The minimum atomic E-state index is -3.70. The number of benzene rings is 1. The zero-order chi connectivity index (χ0) is 21.0. The van der Waals surface area contributed by atoms with Gasteiger partial charge in [0.1, 0.15) is 4.90 Å². The van der Waals surface area contributed by atoms with Crippen LogP contribution in [0.15, 0.2) is 23.1 Å². The molecule has 2 aliphatic carbocycles. The number of halogens is 1. The maximum absolute atomic E-state index is 13.1. The van der Waals surface area contributed by atoms with Gasteiger partial charge in [0.2, 0.25) is 10.0 Å². The molecule has 2 unspecified atom stereocenters. The van der Waals surface area contributed by atoms with Crippen molar-refractivity contribution in [1.82, 2.24) is 9.62 Å². The Morgan fingerprint density at radius 1 is 1.17 bits per heavy atom. The van der Waals surface area contributed by atoms with Crippen molar-refractivity contribution in [2.45, 2.75) is 70.2 Å². The van der Waals surface area contributed by atoms with Gasteiger partial charge < -0.3 is 5.32 Å². The molecule has 1 N–H and O–H groups in total. The topological polar surface area (TPSA) is 66.5 Å². The van der Waals surface area contributed by atoms with Crippen LogP contribution in [0.4, 0.5) is 0 Å². The van der Waals surface area contributed by atoms with Crippen molar-refractivity contribution in [3.8, 4) is 0 Å². The summed E-state index contributed by atoms with van der Waals surface area (Å²) in [6.07, 6.45) is 6.23. The van der Waals surface area contributed by atoms with Crippen LogP contribution in [0.25, 0.3) is 0 Å². The Bertz CT molecular complexity index is 919. The lowest BCUT2D eigenvalue weighted by atomic mass is 9.68. The van der Waals surface area contributed by atoms with E-state index in [-0.39, 0.29) is 32.7 Å². The lowest BCUT2D eigenvalue weighted by Gasteiger charge is -2.43. The molecule has 160 valence electrons. The van der Waals surface area contributed by atoms with Crippen molar-refractivity contribution in [3.05, 3.63) is 28.8 Å². The fourth-order valence-electron chi connectivity index (χ4n) is 5.96. The largest absolute Gasteiger partial charge is 0.348 e. The first-order chi connectivity index (χ1) is 13.6. The summed E-state index contributed by atoms with van der Waals surface area (Å²) in [6, 6.07) is 4.68. The highest BCUT2D eigenvalue weighted by Crippen LogP contribution is 2.62. The monoisotopic (exact) mass is 438 g/mol. The molecule has 2 bridgehead atoms. The van der Waals surface area contributed by atoms with Crippen LogP contribution < -0.4 is 5.32 Å². The van der Waals surface area contributed by atoms with Gasteiger partial charge in [-0.05, 0) is 67.1 Å². The fraction of sp³-hybridized carbons (Fsp3) is 0.682. The molecule has 3 atom stereocenters. The van der Waals surface area contributed by atoms with Gasteiger partial charge in [0.05, 0.1) is 5.02 Å². The maximum Gasteiger partial charge on any atom is 0.251 e. The smallest absolute Gasteiger partial charge is 0.251 e. The lowest BCUT2D eigenvalue weighted by Crippen LogP contribution is -2.52. The molecule has 29 heavy (non-hydrogen) atoms. The molecule has 1 heterocycles. The fourth-order valence-corrected chi connectivity index (χ4v) is 7.98. The van der Waals surface area contributed by atoms with Gasteiger partial charge in [0, 0.05) is 24.7 Å². The number of fused-ring (bicyclic) bond motifs is 2. The third kappa shape index (κ3) is 3.51. The first-order valence-corrected chi connectivity index (χ1v) is 12.5. The zero-order valence-corrected chi connectivity index (χ0v) is 19.1. The Morgan fingerprint density at radius 3 is 2.48 bits per heavy atom. The number of hydrogen-bond acceptors (Lipinski definition) is 3. The molecule has 1 saturated heterocycles. The maximum atomic E-state index is 13.1. The number of carbonyl (C=O) groups excluding carboxylic acids is 1. The van der Waals surface area contributed by atoms with Gasteiger partial charge >= 0.3 is 0 Å². The quantitative estimate of drug-likeness (QED) is 0.754. The summed E-state index contributed by atoms with van der Waals surface area (Å²) in [6.45, 7) is 7.75. The molecule has 1 aliphatic heterocycles. The van der Waals surface area contributed by atoms with Gasteiger partial charge in [-0.3, -0.25) is 4.79 Å². The molecule has 0 radical (unpaired) electrons. The van der Waals surface area contributed by atoms with E-state index in [1.165, 1.54) is 22.9 Å². The van der Waals surface area contributed by atoms with Crippen LogP contribution in [-0.4, -0.2) is 37.8 Å². The van der Waals surface area contributed by atoms with Gasteiger partial charge in [-0.1, -0.05) is 38.8 Å². The number of carbonyl (C=O) groups is 1. The zero-order valence-electron chi connectivity index (χ0n) is 17.5. The third-order valence-corrected chi connectivity index (χ3v) is 10.1. The van der Waals surface area contributed by atoms with E-state index < -0.39 is 10.0 Å². The molecule has 5 nitrogen and oxygen atoms in total. The van der Waals surface area contributed by atoms with Gasteiger partial charge in [0.15, 0.2) is 0 Å². The summed E-state index contributed by atoms with van der Waals surface area (Å²) < 4.78 is 27.7. The van der Waals surface area contributed by atoms with Gasteiger partial charge in [-0.25, -0.2) is 8.42 Å². The predicted octanol–water partition coefficient (Wildman–Crippen LogP) is 4.46. The molecule has 4 rings (SSSR count). The summed E-state index contributed by atoms with van der Waals surface area (Å²) in [7, 11) is -3.70. The summed E-state index contributed by atoms with van der Waals surface area (Å²) in [5, 5.41) is 3.41. The van der Waals surface area contributed by atoms with Crippen LogP contribution in [0.3, 0.4) is 0 Å². The van der Waals surface area contributed by atoms with E-state index in [2.05, 4.69) is 26.1 Å². The number of nitrogens with one attached hydrogen (secondary N) is 1. The van der Waals surface area contributed by atoms with Crippen LogP contribution in [0, 0.1) is 16.7 Å². The number of sulfonamides is 1. The van der Waals surface area contributed by atoms with Gasteiger partial charge in [0.25, 0.3) is 5.91 Å². The summed E-state index contributed by atoms with van der Waals surface area (Å²) in [5.41, 5.74) is 0.503. The van der Waals surface area contributed by atoms with E-state index in [1.54, 1.807) is 6.07 Å². The van der Waals surface area contributed by atoms with Crippen molar-refractivity contribution in [1.29, 1.82) is 0 Å². The van der Waals surface area contributed by atoms with E-state index >= 15 is 0 Å². The Labute approximate surface area is 179 Å². The standard InChI is InChI=1S/C22H31ClN2O3S/c1-21(2)16-9-10-22(3,14-16)20(21)24-19(26)15-7-8-17(23)18(13-15)29(27,28)25-11-5-4-6-12-25/h7-8,13,16,20H,4-6,9-12,14H2,1-3H3,(H,24,26)/t16-,20?,22?/m1/s1. The second kappa shape index (κ2) is 7.24. The van der Waals surface area contributed by atoms with E-state index in [0.717, 1.165) is 32.1 Å². The predicted molar refractivity (Wildman–Crippen MR) is 115 cm³/mol. The SMILES string of the molecule is CC12CC[C@H](C1)C(C)(C)C2NC(=O)c1ccc(Cl)c(S(=O)(=O)N2CCCCC2)c1. The molecule has 3 fully saturated rings. The van der Waals surface area contributed by atoms with Crippen LogP contribution >= 0.6 is 11.6 Å². The minimum absolute atomic E-state index is 0.0344. The van der Waals surface area contributed by atoms with Crippen molar-refractivity contribution in [2.24, 2.45) is 16.7 Å². The molecule has 1 aromatic carbocycles. The minimum Gasteiger partial charge on any atom is -0.348 e. The van der Waals surface area contributed by atoms with Gasteiger partial charge in [-0.2, -0.15) is 4.31 Å². The number of nitrogens with zero attached hydrogens (tertiary/aromatic N) is 1. The highest BCUT2D eigenvalue weighted by atomic mass is 35.5. The van der Waals surface area contributed by atoms with Crippen LogP contribution in [-0.2, 0) is 10.0 Å². The summed E-state index contributed by atoms with van der Waals surface area (Å²) >= 11 is 6.26. The van der Waals surface area contributed by atoms with Crippen molar-refractivity contribution in [2.75, 3.05) is 13.1 Å². The average molecular weight is 439 g/mol. The van der Waals surface area contributed by atoms with E-state index in [1.807, 2.05) is 0 Å². The third-order valence-electron chi connectivity index (χ3n) is 7.67. The molecule has 0 aromatic heterocycles. The van der Waals surface area contributed by atoms with E-state index in [0.29, 0.717) is 24.6 Å². The lowest BCUT2D eigenvalue weighted by molar-refractivity contribution is 0.0737. The van der Waals surface area contributed by atoms with Crippen LogP contribution in [0.5, 0.6) is 0 Å². The number of hydrogen-bond donors (Lipinski definition) is 1. The first-order valence-electron chi connectivity index (χ1n) is 10.7. The molecule has 3 aliphatic rings. The van der Waals surface area contributed by atoms with E-state index in [4.69, 9.17) is 11.6 Å². The molecule has 7 heteroatoms. The summed E-state index contributed by atoms with van der Waals surface area (Å²) in [5.74, 6) is 0.404. The number of amides is 1. The van der Waals surface area contributed by atoms with Crippen molar-refractivity contribution >= 4 is 27.5 Å². The first kappa shape index (κ1) is 21.1. The number of piperidine rings is 1. The average Bonchev–Trinajstić information content (AvgIpc) is 3.17. The molecular formula is C22H31ClN2O3S. The van der Waals surface area contributed by atoms with Crippen LogP contribution in [0.2, 0.25) is 5.02 Å². The van der Waals surface area contributed by atoms with Crippen molar-refractivity contribution < 1.29 is 13.2 Å². The highest BCUT2D eigenvalue weighted by molar-refractivity contribution is 7.89. The molecule has 0 spiro atoms. The molecule has 1 amide bonds.